The number of amidine groups is 1. The molecule has 218 valence electrons. The summed E-state index contributed by atoms with van der Waals surface area (Å²) in [4.78, 5) is 18.2. The van der Waals surface area contributed by atoms with Gasteiger partial charge in [-0.05, 0) is 91.5 Å². The van der Waals surface area contributed by atoms with Crippen molar-refractivity contribution in [2.24, 2.45) is 22.6 Å². The van der Waals surface area contributed by atoms with Crippen molar-refractivity contribution in [2.75, 3.05) is 13.2 Å². The standard InChI is InChI=1S/C31H34F4N4O2/c1-3-39-16-26(29(38-39)31(33,34)35)23-11-19(15-37-30(36)22-8-9-41-17-22)12-24(13-23)28(40)14-25(20-4-5-20)21-6-7-27(32)18(2)10-21/h6-7,10-13,16,20,22,25H,3-5,8-9,14-15,17H2,1-2H3,(H2,36,37)/t22?,25-/m0/s1. The van der Waals surface area contributed by atoms with Crippen molar-refractivity contribution in [3.05, 3.63) is 76.4 Å². The first-order valence-corrected chi connectivity index (χ1v) is 14.0. The molecule has 10 heteroatoms. The third-order valence-electron chi connectivity index (χ3n) is 7.98. The van der Waals surface area contributed by atoms with Gasteiger partial charge in [0.2, 0.25) is 0 Å². The van der Waals surface area contributed by atoms with Gasteiger partial charge < -0.3 is 10.5 Å². The molecule has 5 rings (SSSR count). The summed E-state index contributed by atoms with van der Waals surface area (Å²) >= 11 is 0. The smallest absolute Gasteiger partial charge is 0.387 e. The Labute approximate surface area is 236 Å². The Morgan fingerprint density at radius 1 is 1.20 bits per heavy atom. The van der Waals surface area contributed by atoms with Crippen LogP contribution in [0.3, 0.4) is 0 Å². The van der Waals surface area contributed by atoms with E-state index in [1.165, 1.54) is 23.0 Å². The fraction of sp³-hybridized carbons (Fsp3) is 0.452. The van der Waals surface area contributed by atoms with Gasteiger partial charge in [-0.1, -0.05) is 12.1 Å². The molecule has 2 N–H and O–H groups in total. The first-order chi connectivity index (χ1) is 19.5. The van der Waals surface area contributed by atoms with Gasteiger partial charge in [0.1, 0.15) is 5.82 Å². The van der Waals surface area contributed by atoms with Crippen LogP contribution >= 0.6 is 0 Å². The minimum absolute atomic E-state index is 0.00244. The molecule has 41 heavy (non-hydrogen) atoms. The molecule has 1 aliphatic heterocycles. The van der Waals surface area contributed by atoms with E-state index in [9.17, 15) is 22.4 Å². The topological polar surface area (TPSA) is 82.5 Å². The van der Waals surface area contributed by atoms with Gasteiger partial charge in [-0.3, -0.25) is 14.5 Å². The zero-order valence-electron chi connectivity index (χ0n) is 23.2. The van der Waals surface area contributed by atoms with E-state index >= 15 is 0 Å². The van der Waals surface area contributed by atoms with Gasteiger partial charge in [0, 0.05) is 42.8 Å². The number of nitrogens with two attached hydrogens (primary N) is 1. The molecule has 6 nitrogen and oxygen atoms in total. The van der Waals surface area contributed by atoms with Crippen molar-refractivity contribution in [1.82, 2.24) is 9.78 Å². The van der Waals surface area contributed by atoms with Crippen LogP contribution in [0.4, 0.5) is 17.6 Å². The maximum absolute atomic E-state index is 14.0. The SMILES string of the molecule is CCn1cc(-c2cc(CN=C(N)C3CCOC3)cc(C(=O)C[C@H](c3ccc(F)c(C)c3)C3CC3)c2)c(C(F)(F)F)n1. The summed E-state index contributed by atoms with van der Waals surface area (Å²) in [6, 6.07) is 9.74. The highest BCUT2D eigenvalue weighted by Gasteiger charge is 2.38. The maximum atomic E-state index is 14.0. The van der Waals surface area contributed by atoms with Crippen LogP contribution in [0.15, 0.2) is 47.6 Å². The summed E-state index contributed by atoms with van der Waals surface area (Å²) in [5.74, 6) is 0.143. The second-order valence-electron chi connectivity index (χ2n) is 11.0. The number of alkyl halides is 3. The number of aliphatic imine (C=N–C) groups is 1. The number of benzene rings is 2. The molecule has 0 bridgehead atoms. The number of hydrogen-bond donors (Lipinski definition) is 1. The summed E-state index contributed by atoms with van der Waals surface area (Å²) in [7, 11) is 0. The van der Waals surface area contributed by atoms with E-state index in [1.807, 2.05) is 0 Å². The zero-order chi connectivity index (χ0) is 29.3. The Hall–Kier alpha value is -3.53. The highest BCUT2D eigenvalue weighted by atomic mass is 19.4. The zero-order valence-corrected chi connectivity index (χ0v) is 23.2. The van der Waals surface area contributed by atoms with Crippen LogP contribution in [0.1, 0.15) is 71.3 Å². The van der Waals surface area contributed by atoms with Gasteiger partial charge in [0.25, 0.3) is 0 Å². The van der Waals surface area contributed by atoms with E-state index in [1.54, 1.807) is 38.1 Å². The monoisotopic (exact) mass is 570 g/mol. The van der Waals surface area contributed by atoms with Crippen molar-refractivity contribution >= 4 is 11.6 Å². The van der Waals surface area contributed by atoms with E-state index in [2.05, 4.69) is 10.1 Å². The number of rotatable bonds is 10. The summed E-state index contributed by atoms with van der Waals surface area (Å²) in [6.45, 7) is 4.87. The van der Waals surface area contributed by atoms with Gasteiger partial charge in [0.05, 0.1) is 19.0 Å². The number of aromatic nitrogens is 2. The number of nitrogens with zero attached hydrogens (tertiary/aromatic N) is 3. The lowest BCUT2D eigenvalue weighted by molar-refractivity contribution is -0.141. The highest BCUT2D eigenvalue weighted by molar-refractivity contribution is 5.98. The lowest BCUT2D eigenvalue weighted by Crippen LogP contribution is -2.24. The largest absolute Gasteiger partial charge is 0.435 e. The molecule has 2 aliphatic rings. The average molecular weight is 571 g/mol. The molecule has 0 spiro atoms. The average Bonchev–Trinajstić information content (AvgIpc) is 3.43. The Kier molecular flexibility index (Phi) is 8.31. The number of ketones is 1. The number of Topliss-reactive ketones (excluding diaryl/α,β-unsaturated/α-hetero) is 1. The molecule has 2 atom stereocenters. The van der Waals surface area contributed by atoms with Gasteiger partial charge in [-0.25, -0.2) is 4.39 Å². The second-order valence-corrected chi connectivity index (χ2v) is 11.0. The summed E-state index contributed by atoms with van der Waals surface area (Å²) < 4.78 is 62.5. The van der Waals surface area contributed by atoms with Crippen LogP contribution in [0, 0.1) is 24.6 Å². The van der Waals surface area contributed by atoms with Crippen LogP contribution < -0.4 is 5.73 Å². The lowest BCUT2D eigenvalue weighted by atomic mass is 9.86. The second kappa shape index (κ2) is 11.8. The van der Waals surface area contributed by atoms with E-state index in [0.29, 0.717) is 41.7 Å². The molecule has 2 aromatic carbocycles. The van der Waals surface area contributed by atoms with Crippen LogP contribution in [0.2, 0.25) is 0 Å². The molecule has 1 saturated heterocycles. The normalized spacial score (nSPS) is 18.6. The molecule has 1 unspecified atom stereocenters. The first-order valence-electron chi connectivity index (χ1n) is 14.0. The molecule has 3 aromatic rings. The Bertz CT molecular complexity index is 1450. The number of ether oxygens (including phenoxy) is 1. The van der Waals surface area contributed by atoms with Crippen molar-refractivity contribution in [3.63, 3.8) is 0 Å². The van der Waals surface area contributed by atoms with E-state index < -0.39 is 11.9 Å². The molecule has 1 saturated carbocycles. The molecular formula is C31H34F4N4O2. The maximum Gasteiger partial charge on any atom is 0.435 e. The Morgan fingerprint density at radius 2 is 1.98 bits per heavy atom. The van der Waals surface area contributed by atoms with Crippen LogP contribution in [-0.2, 0) is 24.0 Å². The van der Waals surface area contributed by atoms with Crippen molar-refractivity contribution in [2.45, 2.75) is 64.7 Å². The van der Waals surface area contributed by atoms with Gasteiger partial charge in [0.15, 0.2) is 11.5 Å². The highest BCUT2D eigenvalue weighted by Crippen LogP contribution is 2.45. The predicted molar refractivity (Wildman–Crippen MR) is 148 cm³/mol. The lowest BCUT2D eigenvalue weighted by Gasteiger charge is -2.18. The fourth-order valence-corrected chi connectivity index (χ4v) is 5.45. The van der Waals surface area contributed by atoms with Gasteiger partial charge in [-0.2, -0.15) is 18.3 Å². The minimum Gasteiger partial charge on any atom is -0.387 e. The Morgan fingerprint density at radius 3 is 2.61 bits per heavy atom. The van der Waals surface area contributed by atoms with E-state index in [0.717, 1.165) is 24.8 Å². The van der Waals surface area contributed by atoms with Crippen LogP contribution in [0.5, 0.6) is 0 Å². The number of carbonyl (C=O) groups excluding carboxylic acids is 1. The molecule has 1 aliphatic carbocycles. The number of carbonyl (C=O) groups is 1. The molecule has 0 radical (unpaired) electrons. The molecular weight excluding hydrogens is 536 g/mol. The number of aryl methyl sites for hydroxylation is 2. The minimum atomic E-state index is -4.67. The van der Waals surface area contributed by atoms with Gasteiger partial charge in [-0.15, -0.1) is 0 Å². The van der Waals surface area contributed by atoms with E-state index in [-0.39, 0.29) is 54.1 Å². The third kappa shape index (κ3) is 6.69. The van der Waals surface area contributed by atoms with Gasteiger partial charge >= 0.3 is 6.18 Å². The molecule has 0 amide bonds. The van der Waals surface area contributed by atoms with Crippen LogP contribution in [-0.4, -0.2) is 34.6 Å². The molecule has 2 fully saturated rings. The van der Waals surface area contributed by atoms with Crippen molar-refractivity contribution in [3.8, 4) is 11.1 Å². The van der Waals surface area contributed by atoms with Crippen molar-refractivity contribution in [1.29, 1.82) is 0 Å². The van der Waals surface area contributed by atoms with Crippen molar-refractivity contribution < 1.29 is 27.1 Å². The molecule has 2 heterocycles. The Balaban J connectivity index is 1.51. The first kappa shape index (κ1) is 29.0. The quantitative estimate of drug-likeness (QED) is 0.127. The molecule has 1 aromatic heterocycles. The van der Waals surface area contributed by atoms with E-state index in [4.69, 9.17) is 10.5 Å². The summed E-state index contributed by atoms with van der Waals surface area (Å²) in [5, 5.41) is 3.76. The van der Waals surface area contributed by atoms with Crippen LogP contribution in [0.25, 0.3) is 11.1 Å². The number of halogens is 4. The summed E-state index contributed by atoms with van der Waals surface area (Å²) in [5.41, 5.74) is 7.63. The fourth-order valence-electron chi connectivity index (χ4n) is 5.45. The summed E-state index contributed by atoms with van der Waals surface area (Å²) in [6.07, 6.45) is -0.427. The third-order valence-corrected chi connectivity index (χ3v) is 7.98. The number of hydrogen-bond acceptors (Lipinski definition) is 4. The predicted octanol–water partition coefficient (Wildman–Crippen LogP) is 6.70.